The molecule has 7 heteroatoms. The lowest BCUT2D eigenvalue weighted by Crippen LogP contribution is -2.48. The third kappa shape index (κ3) is 4.17. The number of hydrogen-bond donors (Lipinski definition) is 5. The van der Waals surface area contributed by atoms with E-state index >= 15 is 0 Å². The van der Waals surface area contributed by atoms with Gasteiger partial charge in [0, 0.05) is 4.86 Å². The Labute approximate surface area is 92.0 Å². The fourth-order valence-electron chi connectivity index (χ4n) is 0.895. The third-order valence-electron chi connectivity index (χ3n) is 1.84. The molecule has 4 atom stereocenters. The van der Waals surface area contributed by atoms with Gasteiger partial charge >= 0.3 is 0 Å². The predicted octanol–water partition coefficient (Wildman–Crippen LogP) is -2.29. The molecule has 86 valence electrons. The van der Waals surface area contributed by atoms with Crippen molar-refractivity contribution in [2.24, 2.45) is 0 Å². The van der Waals surface area contributed by atoms with Gasteiger partial charge in [-0.2, -0.15) is 5.26 Å². The monoisotopic (exact) mass is 235 g/mol. The number of rotatable bonds is 6. The zero-order chi connectivity index (χ0) is 12.0. The molecule has 0 fully saturated rings. The molecule has 0 aliphatic carbocycles. The molecule has 0 amide bonds. The number of hydrogen-bond acceptors (Lipinski definition) is 7. The molecule has 6 nitrogen and oxygen atoms in total. The highest BCUT2D eigenvalue weighted by atomic mass is 32.1. The predicted molar refractivity (Wildman–Crippen MR) is 53.9 cm³/mol. The van der Waals surface area contributed by atoms with Crippen LogP contribution in [-0.2, 0) is 0 Å². The first-order valence-electron chi connectivity index (χ1n) is 4.18. The molecule has 0 aliphatic rings. The van der Waals surface area contributed by atoms with Crippen molar-refractivity contribution in [3.8, 4) is 6.07 Å². The van der Waals surface area contributed by atoms with E-state index in [1.807, 2.05) is 0 Å². The van der Waals surface area contributed by atoms with E-state index in [1.165, 1.54) is 0 Å². The second-order valence-electron chi connectivity index (χ2n) is 2.98. The zero-order valence-electron chi connectivity index (χ0n) is 7.82. The normalized spacial score (nSPS) is 18.7. The molecule has 0 aliphatic heterocycles. The van der Waals surface area contributed by atoms with Crippen molar-refractivity contribution in [2.45, 2.75) is 30.8 Å². The molecule has 0 bridgehead atoms. The zero-order valence-corrected chi connectivity index (χ0v) is 8.63. The lowest BCUT2D eigenvalue weighted by atomic mass is 10.00. The van der Waals surface area contributed by atoms with Gasteiger partial charge in [0.15, 0.2) is 0 Å². The third-order valence-corrected chi connectivity index (χ3v) is 2.22. The van der Waals surface area contributed by atoms with Gasteiger partial charge in [-0.3, -0.25) is 0 Å². The van der Waals surface area contributed by atoms with Gasteiger partial charge in [0.05, 0.1) is 19.1 Å². The fraction of sp³-hybridized carbons (Fsp3) is 0.750. The van der Waals surface area contributed by atoms with E-state index in [0.717, 1.165) is 0 Å². The molecule has 15 heavy (non-hydrogen) atoms. The van der Waals surface area contributed by atoms with Crippen LogP contribution in [-0.4, -0.2) is 61.4 Å². The van der Waals surface area contributed by atoms with Crippen molar-refractivity contribution >= 4 is 17.1 Å². The molecule has 0 aromatic rings. The van der Waals surface area contributed by atoms with Gasteiger partial charge in [-0.15, -0.1) is 0 Å². The Kier molecular flexibility index (Phi) is 6.51. The SMILES string of the molecule is N#CCC(=S)[C@H](O)[C@@H](O)[C@@H](O)[C@H](O)CO. The minimum Gasteiger partial charge on any atom is -0.394 e. The van der Waals surface area contributed by atoms with E-state index in [0.29, 0.717) is 0 Å². The van der Waals surface area contributed by atoms with E-state index in [9.17, 15) is 15.3 Å². The summed E-state index contributed by atoms with van der Waals surface area (Å²) >= 11 is 4.61. The van der Waals surface area contributed by atoms with Crippen molar-refractivity contribution in [3.63, 3.8) is 0 Å². The Hall–Kier alpha value is -0.620. The molecule has 0 saturated heterocycles. The molecule has 0 heterocycles. The standard InChI is InChI=1S/C8H13NO5S/c9-2-1-5(15)7(13)8(14)6(12)4(11)3-10/h4,6-8,10-14H,1,3H2/t4-,6+,7+,8+/m1/s1. The first kappa shape index (κ1) is 14.4. The summed E-state index contributed by atoms with van der Waals surface area (Å²) in [6, 6.07) is 1.68. The molecule has 0 saturated carbocycles. The number of thiocarbonyl (C=S) groups is 1. The van der Waals surface area contributed by atoms with Crippen LogP contribution in [0.25, 0.3) is 0 Å². The summed E-state index contributed by atoms with van der Waals surface area (Å²) in [5, 5.41) is 53.6. The summed E-state index contributed by atoms with van der Waals surface area (Å²) in [7, 11) is 0. The second-order valence-corrected chi connectivity index (χ2v) is 3.50. The van der Waals surface area contributed by atoms with E-state index in [4.69, 9.17) is 15.5 Å². The van der Waals surface area contributed by atoms with Gasteiger partial charge in [0.2, 0.25) is 0 Å². The summed E-state index contributed by atoms with van der Waals surface area (Å²) in [6.07, 6.45) is -6.85. The summed E-state index contributed by atoms with van der Waals surface area (Å²) in [5.74, 6) is 0. The van der Waals surface area contributed by atoms with E-state index < -0.39 is 31.0 Å². The Morgan fingerprint density at radius 3 is 2.13 bits per heavy atom. The molecular formula is C8H13NO5S. The maximum atomic E-state index is 9.34. The molecule has 0 aromatic carbocycles. The van der Waals surface area contributed by atoms with Crippen LogP contribution in [0.5, 0.6) is 0 Å². The Morgan fingerprint density at radius 1 is 1.20 bits per heavy atom. The van der Waals surface area contributed by atoms with Crippen molar-refractivity contribution in [2.75, 3.05) is 6.61 Å². The van der Waals surface area contributed by atoms with E-state index in [2.05, 4.69) is 12.2 Å². The van der Waals surface area contributed by atoms with Gasteiger partial charge in [-0.25, -0.2) is 0 Å². The maximum Gasteiger partial charge on any atom is 0.115 e. The highest BCUT2D eigenvalue weighted by Gasteiger charge is 2.31. The van der Waals surface area contributed by atoms with Crippen LogP contribution in [0.2, 0.25) is 0 Å². The summed E-state index contributed by atoms with van der Waals surface area (Å²) in [6.45, 7) is -0.754. The first-order chi connectivity index (χ1) is 6.95. The van der Waals surface area contributed by atoms with E-state index in [-0.39, 0.29) is 11.3 Å². The van der Waals surface area contributed by atoms with Gasteiger partial charge in [-0.05, 0) is 0 Å². The molecule has 0 spiro atoms. The maximum absolute atomic E-state index is 9.34. The summed E-state index contributed by atoms with van der Waals surface area (Å²) in [5.41, 5.74) is 0. The highest BCUT2D eigenvalue weighted by molar-refractivity contribution is 7.80. The smallest absolute Gasteiger partial charge is 0.115 e. The van der Waals surface area contributed by atoms with Gasteiger partial charge in [0.25, 0.3) is 0 Å². The topological polar surface area (TPSA) is 125 Å². The number of nitriles is 1. The van der Waals surface area contributed by atoms with Crippen LogP contribution in [0.1, 0.15) is 6.42 Å². The Morgan fingerprint density at radius 2 is 1.73 bits per heavy atom. The van der Waals surface area contributed by atoms with Crippen molar-refractivity contribution in [1.82, 2.24) is 0 Å². The van der Waals surface area contributed by atoms with Crippen LogP contribution in [0, 0.1) is 11.3 Å². The summed E-state index contributed by atoms with van der Waals surface area (Å²) < 4.78 is 0. The number of nitrogens with zero attached hydrogens (tertiary/aromatic N) is 1. The minimum absolute atomic E-state index is 0.130. The van der Waals surface area contributed by atoms with Crippen molar-refractivity contribution < 1.29 is 25.5 Å². The largest absolute Gasteiger partial charge is 0.394 e. The molecule has 0 unspecified atom stereocenters. The van der Waals surface area contributed by atoms with Gasteiger partial charge < -0.3 is 25.5 Å². The molecular weight excluding hydrogens is 222 g/mol. The summed E-state index contributed by atoms with van der Waals surface area (Å²) in [4.78, 5) is -0.130. The highest BCUT2D eigenvalue weighted by Crippen LogP contribution is 2.08. The molecule has 0 radical (unpaired) electrons. The quantitative estimate of drug-likeness (QED) is 0.328. The van der Waals surface area contributed by atoms with Gasteiger partial charge in [-0.1, -0.05) is 12.2 Å². The second kappa shape index (κ2) is 6.79. The van der Waals surface area contributed by atoms with Crippen LogP contribution in [0.4, 0.5) is 0 Å². The molecule has 5 N–H and O–H groups in total. The van der Waals surface area contributed by atoms with Crippen LogP contribution >= 0.6 is 12.2 Å². The van der Waals surface area contributed by atoms with Crippen molar-refractivity contribution in [1.29, 1.82) is 5.26 Å². The van der Waals surface area contributed by atoms with E-state index in [1.54, 1.807) is 6.07 Å². The average molecular weight is 235 g/mol. The van der Waals surface area contributed by atoms with Gasteiger partial charge in [0.1, 0.15) is 24.4 Å². The molecule has 0 rings (SSSR count). The molecule has 0 aromatic heterocycles. The van der Waals surface area contributed by atoms with Crippen LogP contribution in [0.3, 0.4) is 0 Å². The average Bonchev–Trinajstić information content (AvgIpc) is 2.25. The Bertz CT molecular complexity index is 254. The van der Waals surface area contributed by atoms with Crippen molar-refractivity contribution in [3.05, 3.63) is 0 Å². The lowest BCUT2D eigenvalue weighted by molar-refractivity contribution is -0.101. The number of aliphatic hydroxyl groups is 5. The van der Waals surface area contributed by atoms with Crippen LogP contribution < -0.4 is 0 Å². The Balaban J connectivity index is 4.37. The fourth-order valence-corrected chi connectivity index (χ4v) is 1.10. The number of aliphatic hydroxyl groups excluding tert-OH is 5. The lowest BCUT2D eigenvalue weighted by Gasteiger charge is -2.25. The first-order valence-corrected chi connectivity index (χ1v) is 4.59. The van der Waals surface area contributed by atoms with Crippen LogP contribution in [0.15, 0.2) is 0 Å². The minimum atomic E-state index is -1.73.